The van der Waals surface area contributed by atoms with E-state index in [-0.39, 0.29) is 42.5 Å². The third kappa shape index (κ3) is 3.74. The highest BCUT2D eigenvalue weighted by atomic mass is 32.2. The summed E-state index contributed by atoms with van der Waals surface area (Å²) < 4.78 is 46.3. The third-order valence-corrected chi connectivity index (χ3v) is 6.87. The molecule has 0 unspecified atom stereocenters. The minimum Gasteiger partial charge on any atom is -0.493 e. The summed E-state index contributed by atoms with van der Waals surface area (Å²) in [6.07, 6.45) is 0. The molecule has 1 heterocycles. The second kappa shape index (κ2) is 7.51. The molecular weight excluding hydrogens is 383 g/mol. The maximum atomic E-state index is 13.7. The highest BCUT2D eigenvalue weighted by molar-refractivity contribution is 7.89. The van der Waals surface area contributed by atoms with Crippen molar-refractivity contribution in [1.82, 2.24) is 4.31 Å². The molecule has 1 N–H and O–H groups in total. The highest BCUT2D eigenvalue weighted by Crippen LogP contribution is 2.36. The highest BCUT2D eigenvalue weighted by Gasteiger charge is 2.49. The van der Waals surface area contributed by atoms with E-state index in [2.05, 4.69) is 0 Å². The first-order chi connectivity index (χ1) is 13.2. The van der Waals surface area contributed by atoms with Crippen molar-refractivity contribution in [2.45, 2.75) is 18.7 Å². The number of aliphatic hydroxyl groups excluding tert-OH is 1. The zero-order valence-electron chi connectivity index (χ0n) is 15.6. The van der Waals surface area contributed by atoms with Crippen LogP contribution >= 0.6 is 0 Å². The third-order valence-electron chi connectivity index (χ3n) is 4.91. The fourth-order valence-electron chi connectivity index (χ4n) is 3.25. The van der Waals surface area contributed by atoms with E-state index in [1.165, 1.54) is 16.4 Å². The van der Waals surface area contributed by atoms with Crippen LogP contribution in [-0.2, 0) is 10.0 Å². The number of sulfonamides is 1. The van der Waals surface area contributed by atoms with Gasteiger partial charge in [-0.3, -0.25) is 0 Å². The summed E-state index contributed by atoms with van der Waals surface area (Å²) >= 11 is 0. The standard InChI is InChI=1S/C20H21FN2O4S/c1-14-3-6-19(15(2)7-14)28(25,26)23-10-20(11-23,12-24)13-27-17-5-4-16(9-22)18(21)8-17/h3-8,24H,10-13H2,1-2H3. The summed E-state index contributed by atoms with van der Waals surface area (Å²) in [6.45, 7) is 3.64. The first kappa shape index (κ1) is 20.3. The van der Waals surface area contributed by atoms with Crippen LogP contribution in [0.5, 0.6) is 5.75 Å². The van der Waals surface area contributed by atoms with Gasteiger partial charge in [0.15, 0.2) is 0 Å². The van der Waals surface area contributed by atoms with E-state index in [1.54, 1.807) is 25.1 Å². The summed E-state index contributed by atoms with van der Waals surface area (Å²) in [5.74, 6) is -0.467. The number of nitrogens with zero attached hydrogens (tertiary/aromatic N) is 2. The second-order valence-corrected chi connectivity index (χ2v) is 9.15. The van der Waals surface area contributed by atoms with Crippen molar-refractivity contribution < 1.29 is 22.7 Å². The van der Waals surface area contributed by atoms with E-state index >= 15 is 0 Å². The van der Waals surface area contributed by atoms with Crippen LogP contribution in [-0.4, -0.2) is 44.1 Å². The largest absolute Gasteiger partial charge is 0.493 e. The van der Waals surface area contributed by atoms with E-state index in [4.69, 9.17) is 10.00 Å². The Kier molecular flexibility index (Phi) is 5.44. The minimum atomic E-state index is -3.66. The van der Waals surface area contributed by atoms with E-state index in [0.717, 1.165) is 11.6 Å². The fraction of sp³-hybridized carbons (Fsp3) is 0.350. The monoisotopic (exact) mass is 404 g/mol. The number of aliphatic hydroxyl groups is 1. The van der Waals surface area contributed by atoms with Gasteiger partial charge in [0, 0.05) is 19.2 Å². The summed E-state index contributed by atoms with van der Waals surface area (Å²) in [7, 11) is -3.66. The molecule has 1 aliphatic rings. The van der Waals surface area contributed by atoms with Crippen LogP contribution in [0.1, 0.15) is 16.7 Å². The van der Waals surface area contributed by atoms with Crippen molar-refractivity contribution in [2.24, 2.45) is 5.41 Å². The number of halogens is 1. The maximum absolute atomic E-state index is 13.7. The molecule has 0 radical (unpaired) electrons. The van der Waals surface area contributed by atoms with Gasteiger partial charge in [0.25, 0.3) is 0 Å². The Morgan fingerprint density at radius 1 is 1.25 bits per heavy atom. The molecule has 1 saturated heterocycles. The molecule has 8 heteroatoms. The zero-order valence-corrected chi connectivity index (χ0v) is 16.5. The van der Waals surface area contributed by atoms with Gasteiger partial charge in [-0.2, -0.15) is 9.57 Å². The average molecular weight is 404 g/mol. The molecule has 2 aromatic carbocycles. The molecule has 3 rings (SSSR count). The molecule has 2 aromatic rings. The van der Waals surface area contributed by atoms with Crippen LogP contribution in [0.15, 0.2) is 41.3 Å². The molecule has 0 bridgehead atoms. The maximum Gasteiger partial charge on any atom is 0.243 e. The molecule has 28 heavy (non-hydrogen) atoms. The Morgan fingerprint density at radius 3 is 2.54 bits per heavy atom. The number of ether oxygens (including phenoxy) is 1. The predicted octanol–water partition coefficient (Wildman–Crippen LogP) is 2.38. The molecular formula is C20H21FN2O4S. The number of benzene rings is 2. The number of hydrogen-bond donors (Lipinski definition) is 1. The number of nitriles is 1. The summed E-state index contributed by atoms with van der Waals surface area (Å²) in [5.41, 5.74) is 0.813. The van der Waals surface area contributed by atoms with Crippen LogP contribution in [0.4, 0.5) is 4.39 Å². The van der Waals surface area contributed by atoms with Gasteiger partial charge < -0.3 is 9.84 Å². The van der Waals surface area contributed by atoms with Gasteiger partial charge in [-0.25, -0.2) is 12.8 Å². The molecule has 6 nitrogen and oxygen atoms in total. The smallest absolute Gasteiger partial charge is 0.243 e. The Balaban J connectivity index is 1.69. The topological polar surface area (TPSA) is 90.6 Å². The van der Waals surface area contributed by atoms with Crippen LogP contribution in [0.3, 0.4) is 0 Å². The zero-order chi connectivity index (χ0) is 20.5. The van der Waals surface area contributed by atoms with Crippen LogP contribution in [0.25, 0.3) is 0 Å². The molecule has 1 aliphatic heterocycles. The van der Waals surface area contributed by atoms with E-state index in [9.17, 15) is 17.9 Å². The van der Waals surface area contributed by atoms with Gasteiger partial charge in [-0.15, -0.1) is 0 Å². The molecule has 0 amide bonds. The van der Waals surface area contributed by atoms with Crippen molar-refractivity contribution in [3.05, 3.63) is 58.9 Å². The van der Waals surface area contributed by atoms with Crippen molar-refractivity contribution in [1.29, 1.82) is 5.26 Å². The van der Waals surface area contributed by atoms with Gasteiger partial charge in [0.2, 0.25) is 10.0 Å². The summed E-state index contributed by atoms with van der Waals surface area (Å²) in [5, 5.41) is 18.5. The van der Waals surface area contributed by atoms with Crippen molar-refractivity contribution in [3.63, 3.8) is 0 Å². The minimum absolute atomic E-state index is 0.0355. The second-order valence-electron chi connectivity index (χ2n) is 7.24. The van der Waals surface area contributed by atoms with Gasteiger partial charge >= 0.3 is 0 Å². The summed E-state index contributed by atoms with van der Waals surface area (Å²) in [6, 6.07) is 10.8. The molecule has 1 fully saturated rings. The Labute approximate surface area is 163 Å². The number of aryl methyl sites for hydroxylation is 2. The SMILES string of the molecule is Cc1ccc(S(=O)(=O)N2CC(CO)(COc3ccc(C#N)c(F)c3)C2)c(C)c1. The first-order valence-corrected chi connectivity index (χ1v) is 10.2. The number of hydrogen-bond acceptors (Lipinski definition) is 5. The normalized spacial score (nSPS) is 16.2. The fourth-order valence-corrected chi connectivity index (χ4v) is 5.12. The lowest BCUT2D eigenvalue weighted by molar-refractivity contribution is -0.0273. The number of rotatable bonds is 6. The molecule has 0 atom stereocenters. The summed E-state index contributed by atoms with van der Waals surface area (Å²) in [4.78, 5) is 0.250. The average Bonchev–Trinajstić information content (AvgIpc) is 2.60. The van der Waals surface area contributed by atoms with Crippen molar-refractivity contribution in [3.8, 4) is 11.8 Å². The van der Waals surface area contributed by atoms with Gasteiger partial charge in [-0.05, 0) is 37.6 Å². The Hall–Kier alpha value is -2.47. The molecule has 0 aliphatic carbocycles. The van der Waals surface area contributed by atoms with E-state index < -0.39 is 21.3 Å². The molecule has 0 spiro atoms. The Bertz CT molecular complexity index is 1040. The van der Waals surface area contributed by atoms with E-state index in [0.29, 0.717) is 5.56 Å². The lowest BCUT2D eigenvalue weighted by Gasteiger charge is -2.47. The van der Waals surface area contributed by atoms with E-state index in [1.807, 2.05) is 13.0 Å². The Morgan fingerprint density at radius 2 is 1.96 bits per heavy atom. The van der Waals surface area contributed by atoms with Crippen LogP contribution in [0, 0.1) is 36.4 Å². The quantitative estimate of drug-likeness (QED) is 0.798. The molecule has 0 saturated carbocycles. The van der Waals surface area contributed by atoms with Gasteiger partial charge in [-0.1, -0.05) is 17.7 Å². The molecule has 0 aromatic heterocycles. The van der Waals surface area contributed by atoms with Crippen molar-refractivity contribution in [2.75, 3.05) is 26.3 Å². The van der Waals surface area contributed by atoms with Gasteiger partial charge in [0.05, 0.1) is 29.1 Å². The van der Waals surface area contributed by atoms with Crippen molar-refractivity contribution >= 4 is 10.0 Å². The van der Waals surface area contributed by atoms with Crippen LogP contribution < -0.4 is 4.74 Å². The lowest BCUT2D eigenvalue weighted by atomic mass is 9.83. The first-order valence-electron chi connectivity index (χ1n) is 8.71. The lowest BCUT2D eigenvalue weighted by Crippen LogP contribution is -2.62. The van der Waals surface area contributed by atoms with Crippen LogP contribution in [0.2, 0.25) is 0 Å². The molecule has 148 valence electrons. The predicted molar refractivity (Wildman–Crippen MR) is 101 cm³/mol. The van der Waals surface area contributed by atoms with Gasteiger partial charge in [0.1, 0.15) is 17.6 Å².